The molecule has 5 heteroatoms. The van der Waals surface area contributed by atoms with E-state index in [0.717, 1.165) is 15.3 Å². The summed E-state index contributed by atoms with van der Waals surface area (Å²) in [4.78, 5) is 27.6. The lowest BCUT2D eigenvalue weighted by Gasteiger charge is -2.22. The van der Waals surface area contributed by atoms with E-state index >= 15 is 0 Å². The zero-order valence-electron chi connectivity index (χ0n) is 12.8. The topological polar surface area (TPSA) is 63.4 Å². The maximum Gasteiger partial charge on any atom is 0.255 e. The molecule has 22 heavy (non-hydrogen) atoms. The molecule has 0 fully saturated rings. The van der Waals surface area contributed by atoms with Crippen LogP contribution in [0.3, 0.4) is 0 Å². The highest BCUT2D eigenvalue weighted by atomic mass is 32.1. The quantitative estimate of drug-likeness (QED) is 0.890. The molecule has 116 valence electrons. The first kappa shape index (κ1) is 16.2. The largest absolute Gasteiger partial charge is 0.370 e. The van der Waals surface area contributed by atoms with Crippen LogP contribution >= 0.6 is 11.3 Å². The average Bonchev–Trinajstić information content (AvgIpc) is 2.82. The summed E-state index contributed by atoms with van der Waals surface area (Å²) in [5.74, 6) is -0.448. The number of hydrogen-bond donors (Lipinski definition) is 1. The molecule has 2 N–H and O–H groups in total. The number of nitrogens with zero attached hydrogens (tertiary/aromatic N) is 1. The lowest BCUT2D eigenvalue weighted by atomic mass is 10.1. The third kappa shape index (κ3) is 4.18. The standard InChI is InChI=1S/C17H20N2O2S/c1-12-10-15(13(2)22-12)17(21)19(9-8-16(18)20)11-14-6-4-3-5-7-14/h3-7,10H,8-9,11H2,1-2H3,(H2,18,20). The van der Waals surface area contributed by atoms with Crippen molar-refractivity contribution in [2.75, 3.05) is 6.54 Å². The second-order valence-corrected chi connectivity index (χ2v) is 6.72. The molecule has 0 saturated heterocycles. The first-order chi connectivity index (χ1) is 10.5. The number of rotatable bonds is 6. The zero-order chi connectivity index (χ0) is 16.1. The highest BCUT2D eigenvalue weighted by molar-refractivity contribution is 7.12. The molecule has 0 unspecified atom stereocenters. The van der Waals surface area contributed by atoms with E-state index in [2.05, 4.69) is 0 Å². The van der Waals surface area contributed by atoms with Gasteiger partial charge in [0.25, 0.3) is 5.91 Å². The summed E-state index contributed by atoms with van der Waals surface area (Å²) in [6, 6.07) is 11.7. The molecular weight excluding hydrogens is 296 g/mol. The van der Waals surface area contributed by atoms with Gasteiger partial charge in [-0.3, -0.25) is 9.59 Å². The van der Waals surface area contributed by atoms with E-state index in [0.29, 0.717) is 18.7 Å². The van der Waals surface area contributed by atoms with Crippen LogP contribution in [0.2, 0.25) is 0 Å². The van der Waals surface area contributed by atoms with Gasteiger partial charge < -0.3 is 10.6 Å². The first-order valence-electron chi connectivity index (χ1n) is 7.16. The van der Waals surface area contributed by atoms with Crippen molar-refractivity contribution in [3.05, 3.63) is 57.3 Å². The van der Waals surface area contributed by atoms with Gasteiger partial charge in [-0.05, 0) is 25.5 Å². The van der Waals surface area contributed by atoms with Gasteiger partial charge in [0.1, 0.15) is 0 Å². The molecule has 2 rings (SSSR count). The Morgan fingerprint density at radius 3 is 2.41 bits per heavy atom. The van der Waals surface area contributed by atoms with Gasteiger partial charge in [-0.25, -0.2) is 0 Å². The molecule has 0 aliphatic heterocycles. The van der Waals surface area contributed by atoms with Gasteiger partial charge in [-0.1, -0.05) is 30.3 Å². The summed E-state index contributed by atoms with van der Waals surface area (Å²) in [6.45, 7) is 4.73. The Morgan fingerprint density at radius 2 is 1.86 bits per heavy atom. The minimum absolute atomic E-state index is 0.0491. The predicted molar refractivity (Wildman–Crippen MR) is 88.8 cm³/mol. The second-order valence-electron chi connectivity index (χ2n) is 5.26. The summed E-state index contributed by atoms with van der Waals surface area (Å²) >= 11 is 1.61. The van der Waals surface area contributed by atoms with Crippen LogP contribution in [0.4, 0.5) is 0 Å². The summed E-state index contributed by atoms with van der Waals surface area (Å²) in [7, 11) is 0. The van der Waals surface area contributed by atoms with Crippen molar-refractivity contribution < 1.29 is 9.59 Å². The molecule has 4 nitrogen and oxygen atoms in total. The Hall–Kier alpha value is -2.14. The van der Waals surface area contributed by atoms with Gasteiger partial charge in [-0.15, -0.1) is 11.3 Å². The molecule has 0 bridgehead atoms. The van der Waals surface area contributed by atoms with E-state index in [-0.39, 0.29) is 12.3 Å². The monoisotopic (exact) mass is 316 g/mol. The Bertz CT molecular complexity index is 665. The fourth-order valence-electron chi connectivity index (χ4n) is 2.31. The van der Waals surface area contributed by atoms with E-state index < -0.39 is 5.91 Å². The third-order valence-electron chi connectivity index (χ3n) is 3.40. The Morgan fingerprint density at radius 1 is 1.18 bits per heavy atom. The van der Waals surface area contributed by atoms with Crippen LogP contribution in [0.25, 0.3) is 0 Å². The van der Waals surface area contributed by atoms with Crippen LogP contribution in [0.15, 0.2) is 36.4 Å². The molecule has 1 heterocycles. The summed E-state index contributed by atoms with van der Waals surface area (Å²) in [5.41, 5.74) is 6.98. The number of aryl methyl sites for hydroxylation is 2. The van der Waals surface area contributed by atoms with Crippen molar-refractivity contribution in [3.8, 4) is 0 Å². The Labute approximate surface area is 134 Å². The highest BCUT2D eigenvalue weighted by Crippen LogP contribution is 2.23. The molecule has 0 aliphatic carbocycles. The first-order valence-corrected chi connectivity index (χ1v) is 7.97. The highest BCUT2D eigenvalue weighted by Gasteiger charge is 2.20. The lowest BCUT2D eigenvalue weighted by Crippen LogP contribution is -2.33. The maximum absolute atomic E-state index is 12.8. The second kappa shape index (κ2) is 7.22. The van der Waals surface area contributed by atoms with Crippen molar-refractivity contribution in [2.24, 2.45) is 5.73 Å². The van der Waals surface area contributed by atoms with Gasteiger partial charge in [0, 0.05) is 29.3 Å². The maximum atomic E-state index is 12.8. The number of benzene rings is 1. The van der Waals surface area contributed by atoms with Gasteiger partial charge in [0.15, 0.2) is 0 Å². The van der Waals surface area contributed by atoms with Gasteiger partial charge >= 0.3 is 0 Å². The SMILES string of the molecule is Cc1cc(C(=O)N(CCC(N)=O)Cc2ccccc2)c(C)s1. The van der Waals surface area contributed by atoms with Crippen LogP contribution in [-0.2, 0) is 11.3 Å². The fraction of sp³-hybridized carbons (Fsp3) is 0.294. The molecule has 0 spiro atoms. The van der Waals surface area contributed by atoms with Crippen LogP contribution in [0.5, 0.6) is 0 Å². The molecule has 0 saturated carbocycles. The number of carbonyl (C=O) groups excluding carboxylic acids is 2. The van der Waals surface area contributed by atoms with Gasteiger partial charge in [0.05, 0.1) is 5.56 Å². The number of carbonyl (C=O) groups is 2. The van der Waals surface area contributed by atoms with Crippen molar-refractivity contribution in [3.63, 3.8) is 0 Å². The van der Waals surface area contributed by atoms with E-state index in [9.17, 15) is 9.59 Å². The van der Waals surface area contributed by atoms with Crippen molar-refractivity contribution in [1.29, 1.82) is 0 Å². The molecule has 1 aromatic heterocycles. The molecule has 0 radical (unpaired) electrons. The van der Waals surface area contributed by atoms with E-state index in [1.165, 1.54) is 0 Å². The molecule has 2 amide bonds. The van der Waals surface area contributed by atoms with Crippen molar-refractivity contribution in [2.45, 2.75) is 26.8 Å². The van der Waals surface area contributed by atoms with E-state index in [1.54, 1.807) is 16.2 Å². The number of thiophene rings is 1. The Balaban J connectivity index is 2.21. The molecule has 1 aromatic carbocycles. The predicted octanol–water partition coefficient (Wildman–Crippen LogP) is 2.88. The lowest BCUT2D eigenvalue weighted by molar-refractivity contribution is -0.118. The van der Waals surface area contributed by atoms with Crippen LogP contribution < -0.4 is 5.73 Å². The molecule has 0 aliphatic rings. The minimum Gasteiger partial charge on any atom is -0.370 e. The van der Waals surface area contributed by atoms with E-state index in [4.69, 9.17) is 5.73 Å². The number of amides is 2. The summed E-state index contributed by atoms with van der Waals surface area (Å²) in [6.07, 6.45) is 0.167. The molecule has 2 aromatic rings. The zero-order valence-corrected chi connectivity index (χ0v) is 13.7. The smallest absolute Gasteiger partial charge is 0.255 e. The van der Waals surface area contributed by atoms with Crippen LogP contribution in [0.1, 0.15) is 32.1 Å². The molecule has 0 atom stereocenters. The molecular formula is C17H20N2O2S. The number of hydrogen-bond acceptors (Lipinski definition) is 3. The average molecular weight is 316 g/mol. The Kier molecular flexibility index (Phi) is 5.33. The van der Waals surface area contributed by atoms with Crippen molar-refractivity contribution in [1.82, 2.24) is 4.90 Å². The summed E-state index contributed by atoms with van der Waals surface area (Å²) in [5, 5.41) is 0. The number of nitrogens with two attached hydrogens (primary N) is 1. The third-order valence-corrected chi connectivity index (χ3v) is 4.37. The van der Waals surface area contributed by atoms with Gasteiger partial charge in [0.2, 0.25) is 5.91 Å². The summed E-state index contributed by atoms with van der Waals surface area (Å²) < 4.78 is 0. The van der Waals surface area contributed by atoms with Crippen LogP contribution in [0, 0.1) is 13.8 Å². The fourth-order valence-corrected chi connectivity index (χ4v) is 3.23. The normalized spacial score (nSPS) is 10.5. The van der Waals surface area contributed by atoms with Crippen LogP contribution in [-0.4, -0.2) is 23.3 Å². The minimum atomic E-state index is -0.399. The van der Waals surface area contributed by atoms with Gasteiger partial charge in [-0.2, -0.15) is 0 Å². The van der Waals surface area contributed by atoms with E-state index in [1.807, 2.05) is 50.2 Å². The number of primary amides is 1. The van der Waals surface area contributed by atoms with Crippen molar-refractivity contribution >= 4 is 23.2 Å².